The van der Waals surface area contributed by atoms with Gasteiger partial charge in [0.1, 0.15) is 0 Å². The normalized spacial score (nSPS) is 19.3. The molecular weight excluding hydrogens is 344 g/mol. The van der Waals surface area contributed by atoms with Crippen molar-refractivity contribution in [2.24, 2.45) is 11.8 Å². The van der Waals surface area contributed by atoms with E-state index in [4.69, 9.17) is 0 Å². The second-order valence-corrected chi connectivity index (χ2v) is 7.18. The highest BCUT2D eigenvalue weighted by Gasteiger charge is 2.45. The van der Waals surface area contributed by atoms with Gasteiger partial charge in [-0.15, -0.1) is 0 Å². The molecule has 1 saturated heterocycles. The monoisotopic (exact) mass is 366 g/mol. The molecule has 27 heavy (non-hydrogen) atoms. The average Bonchev–Trinajstić information content (AvgIpc) is 2.89. The van der Waals surface area contributed by atoms with E-state index in [2.05, 4.69) is 20.6 Å². The van der Waals surface area contributed by atoms with E-state index in [9.17, 15) is 14.4 Å². The maximum atomic E-state index is 12.4. The van der Waals surface area contributed by atoms with Gasteiger partial charge in [0.25, 0.3) is 0 Å². The number of nitrogens with zero attached hydrogens (tertiary/aromatic N) is 2. The Morgan fingerprint density at radius 3 is 2.33 bits per heavy atom. The van der Waals surface area contributed by atoms with Crippen molar-refractivity contribution >= 4 is 23.5 Å². The summed E-state index contributed by atoms with van der Waals surface area (Å²) in [7, 11) is 0. The van der Waals surface area contributed by atoms with Crippen LogP contribution in [-0.2, 0) is 14.4 Å². The van der Waals surface area contributed by atoms with Gasteiger partial charge in [-0.3, -0.25) is 19.7 Å². The summed E-state index contributed by atoms with van der Waals surface area (Å²) in [5.74, 6) is -2.73. The zero-order valence-electron chi connectivity index (χ0n) is 15.5. The van der Waals surface area contributed by atoms with Gasteiger partial charge in [0, 0.05) is 18.0 Å². The molecule has 1 aliphatic heterocycles. The van der Waals surface area contributed by atoms with Crippen LogP contribution in [-0.4, -0.2) is 33.6 Å². The van der Waals surface area contributed by atoms with Crippen molar-refractivity contribution < 1.29 is 14.4 Å². The molecule has 0 radical (unpaired) electrons. The average molecular weight is 366 g/mol. The Bertz CT molecular complexity index is 860. The van der Waals surface area contributed by atoms with Gasteiger partial charge >= 0.3 is 0 Å². The quantitative estimate of drug-likeness (QED) is 0.790. The molecule has 0 bridgehead atoms. The lowest BCUT2D eigenvalue weighted by atomic mass is 9.96. The van der Waals surface area contributed by atoms with Gasteiger partial charge in [-0.25, -0.2) is 9.97 Å². The Labute approximate surface area is 157 Å². The summed E-state index contributed by atoms with van der Waals surface area (Å²) < 4.78 is 0. The summed E-state index contributed by atoms with van der Waals surface area (Å²) in [6.45, 7) is 5.91. The van der Waals surface area contributed by atoms with Crippen LogP contribution < -0.4 is 10.6 Å². The third kappa shape index (κ3) is 4.19. The summed E-state index contributed by atoms with van der Waals surface area (Å²) in [4.78, 5) is 45.0. The van der Waals surface area contributed by atoms with Crippen molar-refractivity contribution in [3.05, 3.63) is 42.2 Å². The smallest absolute Gasteiger partial charge is 0.247 e. The van der Waals surface area contributed by atoms with E-state index in [1.165, 1.54) is 0 Å². The lowest BCUT2D eigenvalue weighted by Gasteiger charge is -2.11. The molecule has 2 amide bonds. The van der Waals surface area contributed by atoms with E-state index >= 15 is 0 Å². The third-order valence-electron chi connectivity index (χ3n) is 4.45. The predicted octanol–water partition coefficient (Wildman–Crippen LogP) is 2.12. The van der Waals surface area contributed by atoms with E-state index in [1.807, 2.05) is 45.0 Å². The second kappa shape index (κ2) is 7.65. The number of anilines is 1. The van der Waals surface area contributed by atoms with E-state index in [1.54, 1.807) is 12.4 Å². The second-order valence-electron chi connectivity index (χ2n) is 7.18. The number of benzene rings is 1. The van der Waals surface area contributed by atoms with Gasteiger partial charge < -0.3 is 5.32 Å². The number of hydrogen-bond acceptors (Lipinski definition) is 5. The molecule has 0 spiro atoms. The molecule has 2 aromatic rings. The summed E-state index contributed by atoms with van der Waals surface area (Å²) >= 11 is 0. The molecule has 2 heterocycles. The highest BCUT2D eigenvalue weighted by Crippen LogP contribution is 2.20. The predicted molar refractivity (Wildman–Crippen MR) is 101 cm³/mol. The van der Waals surface area contributed by atoms with Crippen LogP contribution in [0, 0.1) is 18.8 Å². The fraction of sp³-hybridized carbons (Fsp3) is 0.350. The molecule has 2 N–H and O–H groups in total. The van der Waals surface area contributed by atoms with E-state index in [0.29, 0.717) is 6.42 Å². The minimum atomic E-state index is -1.35. The Kier molecular flexibility index (Phi) is 5.30. The first-order valence-corrected chi connectivity index (χ1v) is 8.89. The van der Waals surface area contributed by atoms with Gasteiger partial charge in [0.05, 0.1) is 6.04 Å². The summed E-state index contributed by atoms with van der Waals surface area (Å²) in [5, 5.41) is 5.06. The van der Waals surface area contributed by atoms with E-state index < -0.39 is 29.6 Å². The zero-order valence-corrected chi connectivity index (χ0v) is 15.5. The summed E-state index contributed by atoms with van der Waals surface area (Å²) in [5.41, 5.74) is 2.92. The lowest BCUT2D eigenvalue weighted by molar-refractivity contribution is -0.135. The molecule has 2 unspecified atom stereocenters. The first-order chi connectivity index (χ1) is 12.8. The SMILES string of the molecule is Cc1ccc(-c2cnc(NC(=O)C3C(=O)NC(CC(C)C)C3=O)nc2)cc1. The van der Waals surface area contributed by atoms with Crippen LogP contribution in [0.5, 0.6) is 0 Å². The molecule has 0 aliphatic carbocycles. The van der Waals surface area contributed by atoms with Gasteiger partial charge in [-0.1, -0.05) is 43.7 Å². The fourth-order valence-corrected chi connectivity index (χ4v) is 3.02. The van der Waals surface area contributed by atoms with Crippen molar-refractivity contribution in [2.45, 2.75) is 33.2 Å². The van der Waals surface area contributed by atoms with Gasteiger partial charge in [-0.05, 0) is 24.8 Å². The third-order valence-corrected chi connectivity index (χ3v) is 4.45. The van der Waals surface area contributed by atoms with Crippen LogP contribution in [0.4, 0.5) is 5.95 Å². The largest absolute Gasteiger partial charge is 0.345 e. The number of nitrogens with one attached hydrogen (secondary N) is 2. The minimum Gasteiger partial charge on any atom is -0.345 e. The number of carbonyl (C=O) groups excluding carboxylic acids is 3. The molecule has 3 rings (SSSR count). The zero-order chi connectivity index (χ0) is 19.6. The lowest BCUT2D eigenvalue weighted by Crippen LogP contribution is -2.33. The number of hydrogen-bond donors (Lipinski definition) is 2. The van der Waals surface area contributed by atoms with Crippen molar-refractivity contribution in [1.29, 1.82) is 0 Å². The number of rotatable bonds is 5. The molecular formula is C20H22N4O3. The summed E-state index contributed by atoms with van der Waals surface area (Å²) in [6.07, 6.45) is 3.69. The van der Waals surface area contributed by atoms with Crippen LogP contribution in [0.3, 0.4) is 0 Å². The first kappa shape index (κ1) is 18.7. The van der Waals surface area contributed by atoms with Crippen molar-refractivity contribution in [1.82, 2.24) is 15.3 Å². The molecule has 1 aliphatic rings. The van der Waals surface area contributed by atoms with Crippen LogP contribution in [0.25, 0.3) is 11.1 Å². The highest BCUT2D eigenvalue weighted by atomic mass is 16.2. The molecule has 7 heteroatoms. The van der Waals surface area contributed by atoms with Gasteiger partial charge in [-0.2, -0.15) is 0 Å². The molecule has 2 atom stereocenters. The van der Waals surface area contributed by atoms with Crippen molar-refractivity contribution in [3.8, 4) is 11.1 Å². The maximum Gasteiger partial charge on any atom is 0.247 e. The van der Waals surface area contributed by atoms with Crippen molar-refractivity contribution in [3.63, 3.8) is 0 Å². The molecule has 1 fully saturated rings. The number of aryl methyl sites for hydroxylation is 1. The standard InChI is InChI=1S/C20H22N4O3/c1-11(2)8-15-17(25)16(18(26)23-15)19(27)24-20-21-9-14(10-22-20)13-6-4-12(3)5-7-13/h4-7,9-11,15-16H,8H2,1-3H3,(H,23,26)(H,21,22,24,27). The summed E-state index contributed by atoms with van der Waals surface area (Å²) in [6, 6.07) is 7.29. The van der Waals surface area contributed by atoms with Crippen LogP contribution in [0.1, 0.15) is 25.8 Å². The van der Waals surface area contributed by atoms with Gasteiger partial charge in [0.2, 0.25) is 17.8 Å². The molecule has 140 valence electrons. The Balaban J connectivity index is 1.68. The highest BCUT2D eigenvalue weighted by molar-refractivity contribution is 6.26. The van der Waals surface area contributed by atoms with Crippen LogP contribution in [0.15, 0.2) is 36.7 Å². The molecule has 0 saturated carbocycles. The maximum absolute atomic E-state index is 12.4. The number of aromatic nitrogens is 2. The first-order valence-electron chi connectivity index (χ1n) is 8.89. The molecule has 1 aromatic carbocycles. The van der Waals surface area contributed by atoms with Gasteiger partial charge in [0.15, 0.2) is 11.7 Å². The Morgan fingerprint density at radius 2 is 1.74 bits per heavy atom. The molecule has 1 aromatic heterocycles. The topological polar surface area (TPSA) is 101 Å². The van der Waals surface area contributed by atoms with Crippen molar-refractivity contribution in [2.75, 3.05) is 5.32 Å². The number of ketones is 1. The number of amides is 2. The van der Waals surface area contributed by atoms with Crippen LogP contribution >= 0.6 is 0 Å². The van der Waals surface area contributed by atoms with Crippen LogP contribution in [0.2, 0.25) is 0 Å². The van der Waals surface area contributed by atoms with E-state index in [-0.39, 0.29) is 11.9 Å². The fourth-order valence-electron chi connectivity index (χ4n) is 3.02. The Hall–Kier alpha value is -3.09. The minimum absolute atomic E-state index is 0.0590. The number of carbonyl (C=O) groups is 3. The van der Waals surface area contributed by atoms with E-state index in [0.717, 1.165) is 16.7 Å². The number of Topliss-reactive ketones (excluding diaryl/α,β-unsaturated/α-hetero) is 1. The Morgan fingerprint density at radius 1 is 1.11 bits per heavy atom. The molecule has 7 nitrogen and oxygen atoms in total.